The number of benzene rings is 1. The molecule has 5 rings (SSSR count). The number of hydrazine groups is 1. The number of hydrogen-bond acceptors (Lipinski definition) is 2. The van der Waals surface area contributed by atoms with E-state index in [0.717, 1.165) is 24.3 Å². The maximum atomic E-state index is 12.4. The fourth-order valence-corrected chi connectivity index (χ4v) is 5.95. The van der Waals surface area contributed by atoms with Gasteiger partial charge in [0, 0.05) is 5.02 Å². The summed E-state index contributed by atoms with van der Waals surface area (Å²) in [6.07, 6.45) is 6.69. The van der Waals surface area contributed by atoms with E-state index in [1.54, 1.807) is 0 Å². The number of carbonyl (C=O) groups excluding carboxylic acids is 1. The number of halogens is 1. The minimum Gasteiger partial charge on any atom is -0.294 e. The van der Waals surface area contributed by atoms with Gasteiger partial charge in [-0.1, -0.05) is 23.7 Å². The molecule has 4 aliphatic rings. The number of rotatable bonds is 2. The normalized spacial score (nSPS) is 40.3. The van der Waals surface area contributed by atoms with Gasteiger partial charge in [0.25, 0.3) is 0 Å². The second-order valence-corrected chi connectivity index (χ2v) is 7.94. The topological polar surface area (TPSA) is 55.1 Å². The molecule has 0 radical (unpaired) electrons. The summed E-state index contributed by atoms with van der Waals surface area (Å²) in [5.41, 5.74) is 3.71. The molecule has 0 aromatic heterocycles. The average Bonchev–Trinajstić information content (AvgIpc) is 2.45. The lowest BCUT2D eigenvalue weighted by Crippen LogP contribution is -2.59. The smallest absolute Gasteiger partial charge is 0.240 e. The predicted octanol–water partition coefficient (Wildman–Crippen LogP) is 3.17. The number of carbonyl (C=O) groups is 1. The Hall–Kier alpha value is -1.06. The summed E-state index contributed by atoms with van der Waals surface area (Å²) >= 11 is 6.04. The molecule has 4 aliphatic carbocycles. The van der Waals surface area contributed by atoms with Crippen molar-refractivity contribution in [2.45, 2.75) is 43.9 Å². The second-order valence-electron chi connectivity index (χ2n) is 7.50. The van der Waals surface area contributed by atoms with Crippen molar-refractivity contribution >= 4 is 17.5 Å². The van der Waals surface area contributed by atoms with Crippen molar-refractivity contribution in [1.29, 1.82) is 0 Å². The number of hydrogen-bond donors (Lipinski definition) is 2. The first-order chi connectivity index (χ1) is 10.1. The van der Waals surface area contributed by atoms with Crippen LogP contribution in [0.5, 0.6) is 0 Å². The molecule has 3 N–H and O–H groups in total. The molecule has 0 spiro atoms. The molecule has 2 unspecified atom stereocenters. The fourth-order valence-electron chi connectivity index (χ4n) is 5.82. The van der Waals surface area contributed by atoms with Crippen LogP contribution in [0.1, 0.15) is 44.1 Å². The first-order valence-corrected chi connectivity index (χ1v) is 8.20. The van der Waals surface area contributed by atoms with Gasteiger partial charge in [-0.05, 0) is 73.5 Å². The molecule has 0 saturated heterocycles. The van der Waals surface area contributed by atoms with E-state index in [2.05, 4.69) is 17.6 Å². The van der Waals surface area contributed by atoms with Gasteiger partial charge in [0.15, 0.2) is 0 Å². The quantitative estimate of drug-likeness (QED) is 0.501. The highest BCUT2D eigenvalue weighted by Crippen LogP contribution is 2.65. The highest BCUT2D eigenvalue weighted by molar-refractivity contribution is 6.30. The predicted molar refractivity (Wildman–Crippen MR) is 82.6 cm³/mol. The van der Waals surface area contributed by atoms with Gasteiger partial charge in [-0.3, -0.25) is 10.2 Å². The van der Waals surface area contributed by atoms with E-state index in [0.29, 0.717) is 11.8 Å². The van der Waals surface area contributed by atoms with Crippen LogP contribution in [0.25, 0.3) is 0 Å². The molecular formula is C17H21ClN2O. The molecule has 1 aromatic rings. The van der Waals surface area contributed by atoms with Crippen molar-refractivity contribution in [3.05, 3.63) is 34.9 Å². The van der Waals surface area contributed by atoms with E-state index in [9.17, 15) is 4.79 Å². The molecule has 4 saturated carbocycles. The monoisotopic (exact) mass is 304 g/mol. The Balaban J connectivity index is 1.76. The molecule has 4 bridgehead atoms. The molecule has 1 aromatic carbocycles. The molecule has 0 aliphatic heterocycles. The zero-order chi connectivity index (χ0) is 14.7. The molecular weight excluding hydrogens is 284 g/mol. The van der Waals surface area contributed by atoms with E-state index in [1.165, 1.54) is 24.8 Å². The Kier molecular flexibility index (Phi) is 2.89. The van der Waals surface area contributed by atoms with Gasteiger partial charge in [0.05, 0.1) is 5.41 Å². The molecule has 1 amide bonds. The van der Waals surface area contributed by atoms with Crippen LogP contribution in [0.4, 0.5) is 0 Å². The third-order valence-corrected chi connectivity index (χ3v) is 6.38. The van der Waals surface area contributed by atoms with E-state index < -0.39 is 0 Å². The number of amides is 1. The Morgan fingerprint density at radius 3 is 2.33 bits per heavy atom. The largest absolute Gasteiger partial charge is 0.294 e. The van der Waals surface area contributed by atoms with Gasteiger partial charge in [-0.25, -0.2) is 5.84 Å². The minimum atomic E-state index is -0.238. The average molecular weight is 305 g/mol. The summed E-state index contributed by atoms with van der Waals surface area (Å²) in [7, 11) is 0. The Morgan fingerprint density at radius 1 is 1.14 bits per heavy atom. The van der Waals surface area contributed by atoms with Gasteiger partial charge >= 0.3 is 0 Å². The maximum Gasteiger partial charge on any atom is 0.240 e. The van der Waals surface area contributed by atoms with Crippen LogP contribution < -0.4 is 11.3 Å². The van der Waals surface area contributed by atoms with E-state index in [-0.39, 0.29) is 16.7 Å². The molecule has 0 heterocycles. The van der Waals surface area contributed by atoms with Crippen molar-refractivity contribution in [3.63, 3.8) is 0 Å². The Labute approximate surface area is 130 Å². The highest BCUT2D eigenvalue weighted by atomic mass is 35.5. The molecule has 4 heteroatoms. The zero-order valence-corrected chi connectivity index (χ0v) is 12.8. The number of nitrogens with two attached hydrogens (primary N) is 1. The summed E-state index contributed by atoms with van der Waals surface area (Å²) in [6.45, 7) is 0. The van der Waals surface area contributed by atoms with Gasteiger partial charge in [-0.15, -0.1) is 0 Å². The van der Waals surface area contributed by atoms with Crippen LogP contribution in [-0.4, -0.2) is 5.91 Å². The molecule has 2 atom stereocenters. The van der Waals surface area contributed by atoms with Crippen LogP contribution in [0, 0.1) is 17.3 Å². The van der Waals surface area contributed by atoms with Gasteiger partial charge in [-0.2, -0.15) is 0 Å². The summed E-state index contributed by atoms with van der Waals surface area (Å²) in [5.74, 6) is 6.86. The number of nitrogens with one attached hydrogen (secondary N) is 1. The summed E-state index contributed by atoms with van der Waals surface area (Å²) < 4.78 is 0. The third kappa shape index (κ3) is 1.94. The van der Waals surface area contributed by atoms with E-state index in [4.69, 9.17) is 17.4 Å². The fraction of sp³-hybridized carbons (Fsp3) is 0.588. The Bertz CT molecular complexity index is 569. The van der Waals surface area contributed by atoms with Gasteiger partial charge in [0.1, 0.15) is 0 Å². The SMILES string of the molecule is NNC(=O)C12CC3CC(C1)CC(c1ccc(Cl)cc1)(C3)C2. The maximum absolute atomic E-state index is 12.4. The Morgan fingerprint density at radius 2 is 1.76 bits per heavy atom. The van der Waals surface area contributed by atoms with Crippen molar-refractivity contribution in [1.82, 2.24) is 5.43 Å². The molecule has 4 fully saturated rings. The van der Waals surface area contributed by atoms with Crippen LogP contribution in [0.2, 0.25) is 5.02 Å². The van der Waals surface area contributed by atoms with Crippen molar-refractivity contribution in [2.24, 2.45) is 23.1 Å². The summed E-state index contributed by atoms with van der Waals surface area (Å²) in [5, 5.41) is 0.776. The molecule has 21 heavy (non-hydrogen) atoms. The van der Waals surface area contributed by atoms with Gasteiger partial charge < -0.3 is 0 Å². The standard InChI is InChI=1S/C17H21ClN2O/c18-14-3-1-13(2-4-14)16-6-11-5-12(7-16)9-17(8-11,10-16)15(21)20-19/h1-4,11-12H,5-10,19H2,(H,20,21). The van der Waals surface area contributed by atoms with E-state index in [1.807, 2.05) is 12.1 Å². The lowest BCUT2D eigenvalue weighted by Gasteiger charge is -2.61. The van der Waals surface area contributed by atoms with Crippen LogP contribution in [0.15, 0.2) is 24.3 Å². The van der Waals surface area contributed by atoms with Crippen LogP contribution in [0.3, 0.4) is 0 Å². The van der Waals surface area contributed by atoms with Crippen LogP contribution in [-0.2, 0) is 10.2 Å². The van der Waals surface area contributed by atoms with E-state index >= 15 is 0 Å². The lowest BCUT2D eigenvalue weighted by molar-refractivity contribution is -0.149. The highest BCUT2D eigenvalue weighted by Gasteiger charge is 2.60. The summed E-state index contributed by atoms with van der Waals surface area (Å²) in [4.78, 5) is 12.4. The molecule has 112 valence electrons. The first-order valence-electron chi connectivity index (χ1n) is 7.82. The van der Waals surface area contributed by atoms with Crippen molar-refractivity contribution in [2.75, 3.05) is 0 Å². The second kappa shape index (κ2) is 4.47. The first kappa shape index (κ1) is 13.6. The minimum absolute atomic E-state index is 0.0509. The van der Waals surface area contributed by atoms with Crippen LogP contribution >= 0.6 is 11.6 Å². The lowest BCUT2D eigenvalue weighted by atomic mass is 9.42. The van der Waals surface area contributed by atoms with Crippen molar-refractivity contribution in [3.8, 4) is 0 Å². The molecule has 3 nitrogen and oxygen atoms in total. The zero-order valence-electron chi connectivity index (χ0n) is 12.1. The van der Waals surface area contributed by atoms with Crippen molar-refractivity contribution < 1.29 is 4.79 Å². The summed E-state index contributed by atoms with van der Waals surface area (Å²) in [6, 6.07) is 8.27. The van der Waals surface area contributed by atoms with Gasteiger partial charge in [0.2, 0.25) is 5.91 Å². The third-order valence-electron chi connectivity index (χ3n) is 6.13.